The maximum absolute atomic E-state index is 9.45. The summed E-state index contributed by atoms with van der Waals surface area (Å²) in [6.07, 6.45) is 3.64. The van der Waals surface area contributed by atoms with Gasteiger partial charge in [-0.05, 0) is 33.8 Å². The van der Waals surface area contributed by atoms with Crippen molar-refractivity contribution in [2.45, 2.75) is 38.9 Å². The molecular formula is C10H21BN2O4. The first-order valence-electron chi connectivity index (χ1n) is 5.26. The van der Waals surface area contributed by atoms with Gasteiger partial charge in [0.05, 0.1) is 11.2 Å². The van der Waals surface area contributed by atoms with Crippen LogP contribution >= 0.6 is 0 Å². The van der Waals surface area contributed by atoms with Crippen molar-refractivity contribution in [3.63, 3.8) is 0 Å². The summed E-state index contributed by atoms with van der Waals surface area (Å²) in [5, 5.41) is 30.2. The molecule has 0 unspecified atom stereocenters. The molecule has 6 nitrogen and oxygen atoms in total. The van der Waals surface area contributed by atoms with Gasteiger partial charge >= 0.3 is 7.32 Å². The Morgan fingerprint density at radius 1 is 1.24 bits per heavy atom. The third-order valence-electron chi connectivity index (χ3n) is 2.51. The number of rotatable bonds is 3. The van der Waals surface area contributed by atoms with Crippen LogP contribution in [-0.4, -0.2) is 43.5 Å². The largest absolute Gasteiger partial charge is 0.634 e. The molecule has 3 N–H and O–H groups in total. The second-order valence-corrected chi connectivity index (χ2v) is 4.69. The van der Waals surface area contributed by atoms with Crippen molar-refractivity contribution in [1.29, 1.82) is 0 Å². The lowest BCUT2D eigenvalue weighted by atomic mass is 9.88. The van der Waals surface area contributed by atoms with E-state index in [0.29, 0.717) is 0 Å². The molecule has 0 saturated carbocycles. The van der Waals surface area contributed by atoms with Gasteiger partial charge in [-0.2, -0.15) is 5.10 Å². The molecule has 0 spiro atoms. The minimum absolute atomic E-state index is 0.985. The van der Waals surface area contributed by atoms with Crippen LogP contribution in [0.5, 0.6) is 0 Å². The maximum atomic E-state index is 9.45. The van der Waals surface area contributed by atoms with Crippen LogP contribution in [0.4, 0.5) is 0 Å². The van der Waals surface area contributed by atoms with Crippen LogP contribution in [0, 0.1) is 0 Å². The molecule has 1 heterocycles. The standard InChI is InChI=1S/C6H15BO4.C4H6N2/c1-5(2,8)6(3,4)11-7(9)10;1-6-4-2-3-5-6/h8-10H,1-4H3;2-4H,1H3. The second kappa shape index (κ2) is 6.16. The van der Waals surface area contributed by atoms with Crippen LogP contribution in [0.1, 0.15) is 27.7 Å². The number of hydrogen-bond acceptors (Lipinski definition) is 5. The van der Waals surface area contributed by atoms with E-state index in [9.17, 15) is 5.11 Å². The van der Waals surface area contributed by atoms with Crippen molar-refractivity contribution in [2.75, 3.05) is 0 Å². The Hall–Kier alpha value is -0.885. The van der Waals surface area contributed by atoms with Crippen LogP contribution < -0.4 is 0 Å². The fourth-order valence-corrected chi connectivity index (χ4v) is 0.753. The first-order chi connectivity index (χ1) is 7.56. The molecule has 0 aromatic carbocycles. The zero-order valence-corrected chi connectivity index (χ0v) is 11.0. The Morgan fingerprint density at radius 2 is 1.76 bits per heavy atom. The Bertz CT molecular complexity index is 307. The molecule has 0 fully saturated rings. The summed E-state index contributed by atoms with van der Waals surface area (Å²) >= 11 is 0. The van der Waals surface area contributed by atoms with Gasteiger partial charge in [0.2, 0.25) is 0 Å². The van der Waals surface area contributed by atoms with Crippen LogP contribution in [-0.2, 0) is 11.7 Å². The van der Waals surface area contributed by atoms with Crippen molar-refractivity contribution in [3.05, 3.63) is 18.5 Å². The van der Waals surface area contributed by atoms with E-state index >= 15 is 0 Å². The van der Waals surface area contributed by atoms with Gasteiger partial charge in [0, 0.05) is 19.4 Å². The Balaban J connectivity index is 0.000000354. The molecule has 0 aliphatic carbocycles. The summed E-state index contributed by atoms with van der Waals surface area (Å²) in [7, 11) is 0.0384. The zero-order chi connectivity index (χ0) is 13.7. The van der Waals surface area contributed by atoms with Crippen molar-refractivity contribution >= 4 is 7.32 Å². The second-order valence-electron chi connectivity index (χ2n) is 4.69. The molecule has 1 aromatic heterocycles. The van der Waals surface area contributed by atoms with E-state index in [-0.39, 0.29) is 0 Å². The molecular weight excluding hydrogens is 223 g/mol. The van der Waals surface area contributed by atoms with Crippen LogP contribution in [0.25, 0.3) is 0 Å². The number of aryl methyl sites for hydroxylation is 1. The van der Waals surface area contributed by atoms with Gasteiger partial charge in [-0.1, -0.05) is 0 Å². The lowest BCUT2D eigenvalue weighted by Gasteiger charge is -2.37. The molecule has 7 heteroatoms. The number of aliphatic hydroxyl groups is 1. The Kier molecular flexibility index (Phi) is 5.84. The smallest absolute Gasteiger partial charge is 0.402 e. The highest BCUT2D eigenvalue weighted by molar-refractivity contribution is 6.32. The molecule has 1 rings (SSSR count). The third kappa shape index (κ3) is 6.43. The topological polar surface area (TPSA) is 87.7 Å². The Morgan fingerprint density at radius 3 is 1.88 bits per heavy atom. The minimum atomic E-state index is -1.85. The van der Waals surface area contributed by atoms with Crippen LogP contribution in [0.2, 0.25) is 0 Å². The highest BCUT2D eigenvalue weighted by Gasteiger charge is 2.38. The third-order valence-corrected chi connectivity index (χ3v) is 2.51. The number of aromatic nitrogens is 2. The van der Waals surface area contributed by atoms with E-state index in [1.165, 1.54) is 13.8 Å². The molecule has 0 atom stereocenters. The number of hydrogen-bond donors (Lipinski definition) is 3. The van der Waals surface area contributed by atoms with Crippen molar-refractivity contribution in [1.82, 2.24) is 9.78 Å². The van der Waals surface area contributed by atoms with Gasteiger partial charge in [0.25, 0.3) is 0 Å². The van der Waals surface area contributed by atoms with Gasteiger partial charge in [0.15, 0.2) is 0 Å². The Labute approximate surface area is 102 Å². The van der Waals surface area contributed by atoms with Crippen LogP contribution in [0.3, 0.4) is 0 Å². The summed E-state index contributed by atoms with van der Waals surface area (Å²) in [6, 6.07) is 1.89. The zero-order valence-electron chi connectivity index (χ0n) is 11.0. The summed E-state index contributed by atoms with van der Waals surface area (Å²) in [4.78, 5) is 0. The van der Waals surface area contributed by atoms with E-state index in [1.807, 2.05) is 19.3 Å². The van der Waals surface area contributed by atoms with E-state index in [2.05, 4.69) is 9.75 Å². The predicted octanol–water partition coefficient (Wildman–Crippen LogP) is -0.0579. The fourth-order valence-electron chi connectivity index (χ4n) is 0.753. The van der Waals surface area contributed by atoms with Crippen LogP contribution in [0.15, 0.2) is 18.5 Å². The van der Waals surface area contributed by atoms with Gasteiger partial charge in [-0.3, -0.25) is 4.68 Å². The molecule has 0 saturated heterocycles. The van der Waals surface area contributed by atoms with E-state index in [0.717, 1.165) is 0 Å². The highest BCUT2D eigenvalue weighted by atomic mass is 16.6. The van der Waals surface area contributed by atoms with Gasteiger partial charge in [-0.25, -0.2) is 0 Å². The first-order valence-corrected chi connectivity index (χ1v) is 5.26. The number of nitrogens with zero attached hydrogens (tertiary/aromatic N) is 2. The van der Waals surface area contributed by atoms with E-state index in [4.69, 9.17) is 10.0 Å². The molecule has 0 aliphatic rings. The fraction of sp³-hybridized carbons (Fsp3) is 0.700. The summed E-state index contributed by atoms with van der Waals surface area (Å²) in [5.41, 5.74) is -2.10. The molecule has 0 radical (unpaired) electrons. The lowest BCUT2D eigenvalue weighted by molar-refractivity contribution is -0.109. The highest BCUT2D eigenvalue weighted by Crippen LogP contribution is 2.24. The first kappa shape index (κ1) is 16.1. The maximum Gasteiger partial charge on any atom is 0.634 e. The van der Waals surface area contributed by atoms with Crippen molar-refractivity contribution in [2.24, 2.45) is 7.05 Å². The summed E-state index contributed by atoms with van der Waals surface area (Å²) in [6.45, 7) is 6.23. The molecule has 17 heavy (non-hydrogen) atoms. The quantitative estimate of drug-likeness (QED) is 0.648. The molecule has 1 aromatic rings. The van der Waals surface area contributed by atoms with Crippen molar-refractivity contribution in [3.8, 4) is 0 Å². The normalized spacial score (nSPS) is 11.8. The predicted molar refractivity (Wildman–Crippen MR) is 64.9 cm³/mol. The summed E-state index contributed by atoms with van der Waals surface area (Å²) in [5.74, 6) is 0. The molecule has 0 aliphatic heterocycles. The van der Waals surface area contributed by atoms with E-state index in [1.54, 1.807) is 24.7 Å². The minimum Gasteiger partial charge on any atom is -0.402 e. The molecule has 0 bridgehead atoms. The monoisotopic (exact) mass is 244 g/mol. The molecule has 0 amide bonds. The SMILES string of the molecule is CC(C)(O)C(C)(C)OB(O)O.Cn1cccn1. The average molecular weight is 244 g/mol. The van der Waals surface area contributed by atoms with E-state index < -0.39 is 18.5 Å². The van der Waals surface area contributed by atoms with Gasteiger partial charge in [0.1, 0.15) is 0 Å². The van der Waals surface area contributed by atoms with Gasteiger partial charge in [-0.15, -0.1) is 0 Å². The van der Waals surface area contributed by atoms with Crippen molar-refractivity contribution < 1.29 is 19.8 Å². The molecule has 98 valence electrons. The average Bonchev–Trinajstić information content (AvgIpc) is 2.52. The lowest BCUT2D eigenvalue weighted by Crippen LogP contribution is -2.50. The summed E-state index contributed by atoms with van der Waals surface area (Å²) < 4.78 is 6.41. The van der Waals surface area contributed by atoms with Gasteiger partial charge < -0.3 is 19.8 Å².